The molecule has 5 rings (SSSR count). The monoisotopic (exact) mass is 421 g/mol. The highest BCUT2D eigenvalue weighted by Crippen LogP contribution is 2.35. The van der Waals surface area contributed by atoms with E-state index in [4.69, 9.17) is 10.1 Å². The van der Waals surface area contributed by atoms with E-state index in [2.05, 4.69) is 47.4 Å². The van der Waals surface area contributed by atoms with E-state index in [0.29, 0.717) is 18.7 Å². The molecule has 5 heteroatoms. The third-order valence-corrected chi connectivity index (χ3v) is 6.01. The van der Waals surface area contributed by atoms with Gasteiger partial charge in [-0.3, -0.25) is 14.5 Å². The predicted molar refractivity (Wildman–Crippen MR) is 122 cm³/mol. The molecule has 158 valence electrons. The van der Waals surface area contributed by atoms with Crippen molar-refractivity contribution < 1.29 is 9.63 Å². The van der Waals surface area contributed by atoms with Crippen molar-refractivity contribution in [3.63, 3.8) is 0 Å². The fourth-order valence-corrected chi connectivity index (χ4v) is 4.35. The molecule has 0 spiro atoms. The van der Waals surface area contributed by atoms with E-state index >= 15 is 0 Å². The zero-order chi connectivity index (χ0) is 21.9. The zero-order valence-electron chi connectivity index (χ0n) is 17.6. The summed E-state index contributed by atoms with van der Waals surface area (Å²) in [6.07, 6.45) is 4.27. The van der Waals surface area contributed by atoms with Gasteiger partial charge in [-0.1, -0.05) is 78.9 Å². The lowest BCUT2D eigenvalue weighted by atomic mass is 9.94. The van der Waals surface area contributed by atoms with Gasteiger partial charge in [0.15, 0.2) is 0 Å². The normalized spacial score (nSPS) is 21.7. The Kier molecular flexibility index (Phi) is 5.55. The first-order valence-corrected chi connectivity index (χ1v) is 10.7. The van der Waals surface area contributed by atoms with Crippen LogP contribution in [-0.4, -0.2) is 35.2 Å². The third-order valence-electron chi connectivity index (χ3n) is 6.01. The molecular weight excluding hydrogens is 398 g/mol. The average Bonchev–Trinajstić information content (AvgIpc) is 2.84. The molecule has 0 saturated carbocycles. The van der Waals surface area contributed by atoms with Crippen LogP contribution in [-0.2, 0) is 16.1 Å². The van der Waals surface area contributed by atoms with Gasteiger partial charge in [0, 0.05) is 6.54 Å². The number of nitrogens with zero attached hydrogens (tertiary/aromatic N) is 3. The molecule has 1 saturated heterocycles. The van der Waals surface area contributed by atoms with Crippen molar-refractivity contribution >= 4 is 5.91 Å². The molecule has 0 aliphatic carbocycles. The SMILES string of the molecule is N#Cc1ccc(-c2ccc([C@@H]3[C@@H]4C=CCN3CN(C(=O)Cc3ccccc3)O4)cc2)cc1. The van der Waals surface area contributed by atoms with Crippen LogP contribution in [0.25, 0.3) is 11.1 Å². The van der Waals surface area contributed by atoms with Crippen LogP contribution in [0, 0.1) is 11.3 Å². The maximum absolute atomic E-state index is 12.8. The van der Waals surface area contributed by atoms with E-state index in [0.717, 1.165) is 28.8 Å². The summed E-state index contributed by atoms with van der Waals surface area (Å²) in [5.41, 5.74) is 4.98. The Morgan fingerprint density at radius 3 is 2.31 bits per heavy atom. The van der Waals surface area contributed by atoms with Crippen molar-refractivity contribution in [2.75, 3.05) is 13.2 Å². The second-order valence-corrected chi connectivity index (χ2v) is 8.10. The molecule has 3 aromatic rings. The van der Waals surface area contributed by atoms with E-state index in [9.17, 15) is 4.79 Å². The molecule has 2 aliphatic heterocycles. The minimum atomic E-state index is -0.210. The summed E-state index contributed by atoms with van der Waals surface area (Å²) in [6.45, 7) is 1.21. The first-order valence-electron chi connectivity index (χ1n) is 10.7. The van der Waals surface area contributed by atoms with Crippen LogP contribution in [0.15, 0.2) is 91.0 Å². The Bertz CT molecular complexity index is 1160. The van der Waals surface area contributed by atoms with E-state index in [1.807, 2.05) is 54.6 Å². The molecular formula is C27H23N3O2. The molecule has 0 radical (unpaired) electrons. The number of hydroxylamine groups is 2. The highest BCUT2D eigenvalue weighted by atomic mass is 16.7. The highest BCUT2D eigenvalue weighted by molar-refractivity contribution is 5.77. The largest absolute Gasteiger partial charge is 0.272 e. The molecule has 32 heavy (non-hydrogen) atoms. The van der Waals surface area contributed by atoms with Crippen LogP contribution in [0.1, 0.15) is 22.7 Å². The lowest BCUT2D eigenvalue weighted by Crippen LogP contribution is -2.55. The van der Waals surface area contributed by atoms with Crippen LogP contribution < -0.4 is 0 Å². The minimum Gasteiger partial charge on any atom is -0.272 e. The Balaban J connectivity index is 1.31. The number of hydrogen-bond donors (Lipinski definition) is 0. The van der Waals surface area contributed by atoms with Crippen molar-refractivity contribution in [2.45, 2.75) is 18.6 Å². The van der Waals surface area contributed by atoms with E-state index in [1.165, 1.54) is 5.06 Å². The van der Waals surface area contributed by atoms with Gasteiger partial charge in [0.25, 0.3) is 5.91 Å². The second-order valence-electron chi connectivity index (χ2n) is 8.10. The summed E-state index contributed by atoms with van der Waals surface area (Å²) < 4.78 is 0. The second kappa shape index (κ2) is 8.80. The maximum Gasteiger partial charge on any atom is 0.251 e. The Hall–Kier alpha value is -3.72. The molecule has 1 unspecified atom stereocenters. The number of carbonyl (C=O) groups is 1. The molecule has 1 fully saturated rings. The Labute approximate surface area is 187 Å². The van der Waals surface area contributed by atoms with Gasteiger partial charge in [-0.25, -0.2) is 5.06 Å². The van der Waals surface area contributed by atoms with Crippen molar-refractivity contribution in [2.24, 2.45) is 0 Å². The van der Waals surface area contributed by atoms with Crippen molar-refractivity contribution in [3.05, 3.63) is 108 Å². The smallest absolute Gasteiger partial charge is 0.251 e. The molecule has 2 aliphatic rings. The molecule has 2 heterocycles. The van der Waals surface area contributed by atoms with Crippen LogP contribution in [0.4, 0.5) is 0 Å². The van der Waals surface area contributed by atoms with Gasteiger partial charge in [-0.2, -0.15) is 5.26 Å². The number of nitriles is 1. The number of amides is 1. The summed E-state index contributed by atoms with van der Waals surface area (Å²) >= 11 is 0. The average molecular weight is 422 g/mol. The molecule has 0 aromatic heterocycles. The van der Waals surface area contributed by atoms with Crippen LogP contribution in [0.3, 0.4) is 0 Å². The van der Waals surface area contributed by atoms with Crippen LogP contribution >= 0.6 is 0 Å². The third kappa shape index (κ3) is 4.06. The first kappa shape index (κ1) is 20.2. The molecule has 5 nitrogen and oxygen atoms in total. The molecule has 1 amide bonds. The van der Waals surface area contributed by atoms with Gasteiger partial charge in [0.1, 0.15) is 12.8 Å². The summed E-state index contributed by atoms with van der Waals surface area (Å²) in [7, 11) is 0. The molecule has 3 atom stereocenters. The van der Waals surface area contributed by atoms with Crippen molar-refractivity contribution in [1.82, 2.24) is 9.96 Å². The summed E-state index contributed by atoms with van der Waals surface area (Å²) in [4.78, 5) is 21.2. The van der Waals surface area contributed by atoms with Gasteiger partial charge >= 0.3 is 0 Å². The standard InChI is InChI=1S/C27H23N3O2/c28-18-21-8-10-22(11-9-21)23-12-14-24(15-13-23)27-25-7-4-16-29(27)19-30(32-25)26(31)17-20-5-2-1-3-6-20/h1-15,25,27H,16-17,19H2/t25-,27+/m0/s1. The minimum absolute atomic E-state index is 0.0314. The number of benzene rings is 3. The van der Waals surface area contributed by atoms with E-state index < -0.39 is 0 Å². The van der Waals surface area contributed by atoms with Gasteiger partial charge in [0.05, 0.1) is 24.1 Å². The summed E-state index contributed by atoms with van der Waals surface area (Å²) in [5.74, 6) is -0.0314. The number of carbonyl (C=O) groups excluding carboxylic acids is 1. The van der Waals surface area contributed by atoms with Crippen LogP contribution in [0.2, 0.25) is 0 Å². The van der Waals surface area contributed by atoms with Crippen LogP contribution in [0.5, 0.6) is 0 Å². The fourth-order valence-electron chi connectivity index (χ4n) is 4.35. The van der Waals surface area contributed by atoms with E-state index in [-0.39, 0.29) is 18.1 Å². The number of rotatable bonds is 4. The Morgan fingerprint density at radius 2 is 1.66 bits per heavy atom. The predicted octanol–water partition coefficient (Wildman–Crippen LogP) is 4.48. The van der Waals surface area contributed by atoms with Crippen molar-refractivity contribution in [3.8, 4) is 17.2 Å². The van der Waals surface area contributed by atoms with Crippen molar-refractivity contribution in [1.29, 1.82) is 5.26 Å². The molecule has 0 N–H and O–H groups in total. The summed E-state index contributed by atoms with van der Waals surface area (Å²) in [5, 5.41) is 10.5. The molecule has 3 aromatic carbocycles. The lowest BCUT2D eigenvalue weighted by Gasteiger charge is -2.46. The lowest BCUT2D eigenvalue weighted by molar-refractivity contribution is -0.254. The maximum atomic E-state index is 12.8. The highest BCUT2D eigenvalue weighted by Gasteiger charge is 2.39. The van der Waals surface area contributed by atoms with Gasteiger partial charge < -0.3 is 0 Å². The zero-order valence-corrected chi connectivity index (χ0v) is 17.6. The van der Waals surface area contributed by atoms with E-state index in [1.54, 1.807) is 0 Å². The summed E-state index contributed by atoms with van der Waals surface area (Å²) in [6, 6.07) is 28.0. The van der Waals surface area contributed by atoms with Gasteiger partial charge in [-0.15, -0.1) is 0 Å². The Morgan fingerprint density at radius 1 is 0.969 bits per heavy atom. The first-order chi connectivity index (χ1) is 15.7. The quantitative estimate of drug-likeness (QED) is 0.583. The number of hydrogen-bond acceptors (Lipinski definition) is 4. The molecule has 2 bridgehead atoms. The van der Waals surface area contributed by atoms with Gasteiger partial charge in [-0.05, 0) is 34.4 Å². The van der Waals surface area contributed by atoms with Gasteiger partial charge in [0.2, 0.25) is 0 Å². The fraction of sp³-hybridized carbons (Fsp3) is 0.185. The topological polar surface area (TPSA) is 56.6 Å². The number of fused-ring (bicyclic) bond motifs is 2.